The number of nitrogen functional groups attached to an aromatic ring is 1. The molecule has 21 heavy (non-hydrogen) atoms. The van der Waals surface area contributed by atoms with E-state index in [1.807, 2.05) is 4.68 Å². The van der Waals surface area contributed by atoms with Gasteiger partial charge in [-0.2, -0.15) is 0 Å². The Kier molecular flexibility index (Phi) is 5.01. The van der Waals surface area contributed by atoms with Gasteiger partial charge in [-0.15, -0.1) is 0 Å². The van der Waals surface area contributed by atoms with E-state index in [1.165, 1.54) is 0 Å². The fourth-order valence-corrected chi connectivity index (χ4v) is 2.72. The van der Waals surface area contributed by atoms with Crippen molar-refractivity contribution >= 4 is 28.9 Å². The molecule has 2 aromatic rings. The number of anilines is 1. The Morgan fingerprint density at radius 1 is 1.14 bits per heavy atom. The Morgan fingerprint density at radius 3 is 2.43 bits per heavy atom. The number of nitrogens with two attached hydrogens (primary N) is 1. The summed E-state index contributed by atoms with van der Waals surface area (Å²) in [5.41, 5.74) is 7.69. The van der Waals surface area contributed by atoms with Crippen LogP contribution in [0.2, 0.25) is 10.0 Å². The van der Waals surface area contributed by atoms with E-state index in [4.69, 9.17) is 28.9 Å². The summed E-state index contributed by atoms with van der Waals surface area (Å²) in [5.74, 6) is 0. The van der Waals surface area contributed by atoms with E-state index in [9.17, 15) is 4.79 Å². The highest BCUT2D eigenvalue weighted by Gasteiger charge is 2.18. The van der Waals surface area contributed by atoms with E-state index in [-0.39, 0.29) is 5.56 Å². The Labute approximate surface area is 134 Å². The van der Waals surface area contributed by atoms with Gasteiger partial charge in [0.25, 0.3) is 5.56 Å². The second-order valence-electron chi connectivity index (χ2n) is 4.95. The van der Waals surface area contributed by atoms with Crippen molar-refractivity contribution in [3.05, 3.63) is 44.3 Å². The molecule has 0 saturated heterocycles. The number of aromatic nitrogens is 2. The largest absolute Gasteiger partial charge is 0.393 e. The van der Waals surface area contributed by atoms with Crippen molar-refractivity contribution in [2.75, 3.05) is 5.73 Å². The molecule has 0 saturated carbocycles. The molecule has 1 aromatic heterocycles. The van der Waals surface area contributed by atoms with Crippen LogP contribution in [0.5, 0.6) is 0 Å². The van der Waals surface area contributed by atoms with Crippen LogP contribution in [0.25, 0.3) is 5.69 Å². The van der Waals surface area contributed by atoms with E-state index < -0.39 is 0 Å². The maximum Gasteiger partial charge on any atom is 0.294 e. The molecule has 2 N–H and O–H groups in total. The van der Waals surface area contributed by atoms with Gasteiger partial charge in [0.2, 0.25) is 0 Å². The average molecular weight is 328 g/mol. The molecule has 4 nitrogen and oxygen atoms in total. The zero-order valence-corrected chi connectivity index (χ0v) is 13.7. The topological polar surface area (TPSA) is 53.0 Å². The van der Waals surface area contributed by atoms with Gasteiger partial charge in [-0.05, 0) is 31.0 Å². The van der Waals surface area contributed by atoms with Crippen molar-refractivity contribution < 1.29 is 0 Å². The maximum absolute atomic E-state index is 12.5. The van der Waals surface area contributed by atoms with E-state index in [0.29, 0.717) is 21.4 Å². The van der Waals surface area contributed by atoms with Crippen LogP contribution in [0.3, 0.4) is 0 Å². The summed E-state index contributed by atoms with van der Waals surface area (Å²) >= 11 is 12.0. The molecular weight excluding hydrogens is 309 g/mol. The number of hydrogen-bond donors (Lipinski definition) is 1. The first-order valence-electron chi connectivity index (χ1n) is 7.06. The van der Waals surface area contributed by atoms with Crippen LogP contribution in [-0.4, -0.2) is 9.36 Å². The first-order chi connectivity index (χ1) is 10.0. The summed E-state index contributed by atoms with van der Waals surface area (Å²) in [7, 11) is 0. The molecule has 114 valence electrons. The summed E-state index contributed by atoms with van der Waals surface area (Å²) in [4.78, 5) is 12.5. The van der Waals surface area contributed by atoms with Crippen LogP contribution < -0.4 is 11.3 Å². The van der Waals surface area contributed by atoms with Crippen LogP contribution in [0.1, 0.15) is 32.4 Å². The lowest BCUT2D eigenvalue weighted by Crippen LogP contribution is -2.22. The lowest BCUT2D eigenvalue weighted by molar-refractivity contribution is 0.512. The molecule has 0 fully saturated rings. The molecule has 0 amide bonds. The molecule has 1 aromatic carbocycles. The van der Waals surface area contributed by atoms with E-state index in [2.05, 4.69) is 13.8 Å². The summed E-state index contributed by atoms with van der Waals surface area (Å²) in [5, 5.41) is 0.879. The number of benzene rings is 1. The molecule has 1 heterocycles. The molecular formula is C15H19Cl2N3O. The van der Waals surface area contributed by atoms with Crippen LogP contribution in [0.15, 0.2) is 23.0 Å². The molecule has 0 aliphatic heterocycles. The minimum absolute atomic E-state index is 0.203. The fourth-order valence-electron chi connectivity index (χ4n) is 2.43. The SMILES string of the molecule is CCCc1c(N)c(=O)n(-c2ccc(Cl)c(Cl)c2)n1CCC. The number of hydrogen-bond acceptors (Lipinski definition) is 2. The van der Waals surface area contributed by atoms with Crippen LogP contribution in [0.4, 0.5) is 5.69 Å². The zero-order chi connectivity index (χ0) is 15.6. The third kappa shape index (κ3) is 2.97. The molecule has 0 aliphatic rings. The number of halogens is 2. The predicted octanol–water partition coefficient (Wildman–Crippen LogP) is 3.89. The Hall–Kier alpha value is -1.39. The fraction of sp³-hybridized carbons (Fsp3) is 0.400. The monoisotopic (exact) mass is 327 g/mol. The maximum atomic E-state index is 12.5. The first-order valence-corrected chi connectivity index (χ1v) is 7.82. The lowest BCUT2D eigenvalue weighted by Gasteiger charge is -2.14. The van der Waals surface area contributed by atoms with Crippen molar-refractivity contribution in [2.24, 2.45) is 0 Å². The van der Waals surface area contributed by atoms with Crippen molar-refractivity contribution in [1.82, 2.24) is 9.36 Å². The second-order valence-corrected chi connectivity index (χ2v) is 5.76. The van der Waals surface area contributed by atoms with Crippen molar-refractivity contribution in [3.8, 4) is 5.69 Å². The highest BCUT2D eigenvalue weighted by atomic mass is 35.5. The molecule has 0 spiro atoms. The van der Waals surface area contributed by atoms with Gasteiger partial charge in [0.1, 0.15) is 5.69 Å². The molecule has 6 heteroatoms. The summed E-state index contributed by atoms with van der Waals surface area (Å²) in [6.07, 6.45) is 2.61. The van der Waals surface area contributed by atoms with Gasteiger partial charge in [0, 0.05) is 6.54 Å². The number of rotatable bonds is 5. The van der Waals surface area contributed by atoms with Crippen molar-refractivity contribution in [2.45, 2.75) is 39.7 Å². The van der Waals surface area contributed by atoms with Gasteiger partial charge >= 0.3 is 0 Å². The van der Waals surface area contributed by atoms with Crippen molar-refractivity contribution in [1.29, 1.82) is 0 Å². The average Bonchev–Trinajstić information content (AvgIpc) is 2.68. The minimum Gasteiger partial charge on any atom is -0.393 e. The van der Waals surface area contributed by atoms with Crippen LogP contribution in [-0.2, 0) is 13.0 Å². The first kappa shape index (κ1) is 16.0. The quantitative estimate of drug-likeness (QED) is 0.905. The van der Waals surface area contributed by atoms with Gasteiger partial charge < -0.3 is 5.73 Å². The Bertz CT molecular complexity index is 704. The van der Waals surface area contributed by atoms with E-state index in [1.54, 1.807) is 22.9 Å². The Morgan fingerprint density at radius 2 is 1.86 bits per heavy atom. The van der Waals surface area contributed by atoms with Gasteiger partial charge in [-0.25, -0.2) is 4.68 Å². The summed E-state index contributed by atoms with van der Waals surface area (Å²) in [6, 6.07) is 5.15. The minimum atomic E-state index is -0.203. The summed E-state index contributed by atoms with van der Waals surface area (Å²) < 4.78 is 3.53. The van der Waals surface area contributed by atoms with E-state index >= 15 is 0 Å². The standard InChI is InChI=1S/C15H19Cl2N3O/c1-3-5-13-14(18)15(21)20(19(13)8-4-2)10-6-7-11(16)12(17)9-10/h6-7,9H,3-5,8,18H2,1-2H3. The zero-order valence-electron chi connectivity index (χ0n) is 12.2. The predicted molar refractivity (Wildman–Crippen MR) is 88.7 cm³/mol. The Balaban J connectivity index is 2.69. The normalized spacial score (nSPS) is 11.0. The van der Waals surface area contributed by atoms with E-state index in [0.717, 1.165) is 31.5 Å². The van der Waals surface area contributed by atoms with Gasteiger partial charge in [0.15, 0.2) is 0 Å². The number of nitrogens with zero attached hydrogens (tertiary/aromatic N) is 2. The molecule has 0 bridgehead atoms. The van der Waals surface area contributed by atoms with Crippen LogP contribution in [0, 0.1) is 0 Å². The highest BCUT2D eigenvalue weighted by Crippen LogP contribution is 2.25. The summed E-state index contributed by atoms with van der Waals surface area (Å²) in [6.45, 7) is 4.86. The van der Waals surface area contributed by atoms with Gasteiger partial charge in [-0.1, -0.05) is 43.5 Å². The molecule has 0 atom stereocenters. The van der Waals surface area contributed by atoms with Gasteiger partial charge in [-0.3, -0.25) is 9.48 Å². The smallest absolute Gasteiger partial charge is 0.294 e. The van der Waals surface area contributed by atoms with Gasteiger partial charge in [0.05, 0.1) is 21.4 Å². The van der Waals surface area contributed by atoms with Crippen LogP contribution >= 0.6 is 23.2 Å². The molecule has 2 rings (SSSR count). The molecule has 0 radical (unpaired) electrons. The lowest BCUT2D eigenvalue weighted by atomic mass is 10.2. The molecule has 0 aliphatic carbocycles. The van der Waals surface area contributed by atoms with Crippen molar-refractivity contribution in [3.63, 3.8) is 0 Å². The molecule has 0 unspecified atom stereocenters. The third-order valence-corrected chi connectivity index (χ3v) is 4.10. The highest BCUT2D eigenvalue weighted by molar-refractivity contribution is 6.42. The second kappa shape index (κ2) is 6.58. The third-order valence-electron chi connectivity index (χ3n) is 3.36.